The second-order valence-electron chi connectivity index (χ2n) is 4.24. The normalized spacial score (nSPS) is 11.9. The van der Waals surface area contributed by atoms with E-state index in [2.05, 4.69) is 34.3 Å². The Morgan fingerprint density at radius 3 is 2.74 bits per heavy atom. The van der Waals surface area contributed by atoms with Gasteiger partial charge in [0.15, 0.2) is 6.29 Å². The van der Waals surface area contributed by atoms with Gasteiger partial charge in [-0.15, -0.1) is 0 Å². The molecule has 1 unspecified atom stereocenters. The quantitative estimate of drug-likeness (QED) is 0.673. The molecule has 1 aromatic carbocycles. The predicted octanol–water partition coefficient (Wildman–Crippen LogP) is 3.16. The number of aromatic nitrogens is 2. The molecule has 0 bridgehead atoms. The van der Waals surface area contributed by atoms with E-state index in [4.69, 9.17) is 11.6 Å². The standard InChI is InChI=1S/C14H14ClN3O/c1-10(11-5-3-2-4-6-11)7-16-14-12(8-19)13(15)17-9-18-14/h2-6,8-10H,7H2,1H3,(H,16,17,18). The van der Waals surface area contributed by atoms with Crippen molar-refractivity contribution < 1.29 is 4.79 Å². The maximum absolute atomic E-state index is 11.0. The molecular weight excluding hydrogens is 262 g/mol. The summed E-state index contributed by atoms with van der Waals surface area (Å²) in [5.41, 5.74) is 1.52. The van der Waals surface area contributed by atoms with Gasteiger partial charge in [0.25, 0.3) is 0 Å². The molecule has 5 heteroatoms. The Kier molecular flexibility index (Phi) is 4.47. The van der Waals surface area contributed by atoms with Gasteiger partial charge in [-0.25, -0.2) is 9.97 Å². The average molecular weight is 276 g/mol. The van der Waals surface area contributed by atoms with Crippen molar-refractivity contribution in [3.05, 3.63) is 52.9 Å². The van der Waals surface area contributed by atoms with Crippen molar-refractivity contribution in [2.45, 2.75) is 12.8 Å². The number of anilines is 1. The number of carbonyl (C=O) groups excluding carboxylic acids is 1. The molecule has 2 aromatic rings. The smallest absolute Gasteiger partial charge is 0.156 e. The largest absolute Gasteiger partial charge is 0.369 e. The lowest BCUT2D eigenvalue weighted by Gasteiger charge is -2.14. The number of nitrogens with one attached hydrogen (secondary N) is 1. The molecule has 1 heterocycles. The summed E-state index contributed by atoms with van der Waals surface area (Å²) in [5.74, 6) is 0.771. The summed E-state index contributed by atoms with van der Waals surface area (Å²) >= 11 is 5.84. The van der Waals surface area contributed by atoms with Crippen LogP contribution in [0.5, 0.6) is 0 Å². The molecule has 0 radical (unpaired) electrons. The molecule has 0 fully saturated rings. The number of rotatable bonds is 5. The maximum atomic E-state index is 11.0. The minimum Gasteiger partial charge on any atom is -0.369 e. The minimum absolute atomic E-state index is 0.167. The van der Waals surface area contributed by atoms with E-state index < -0.39 is 0 Å². The molecule has 98 valence electrons. The minimum atomic E-state index is 0.167. The number of halogens is 1. The first-order valence-corrected chi connectivity index (χ1v) is 6.34. The van der Waals surface area contributed by atoms with Gasteiger partial charge in [0, 0.05) is 6.54 Å². The Morgan fingerprint density at radius 1 is 1.32 bits per heavy atom. The van der Waals surface area contributed by atoms with Gasteiger partial charge in [0.05, 0.1) is 5.56 Å². The summed E-state index contributed by atoms with van der Waals surface area (Å²) in [5, 5.41) is 3.30. The maximum Gasteiger partial charge on any atom is 0.156 e. The Morgan fingerprint density at radius 2 is 2.05 bits per heavy atom. The molecule has 19 heavy (non-hydrogen) atoms. The Labute approximate surface area is 116 Å². The average Bonchev–Trinajstić information content (AvgIpc) is 2.45. The highest BCUT2D eigenvalue weighted by Gasteiger charge is 2.10. The number of hydrogen-bond donors (Lipinski definition) is 1. The van der Waals surface area contributed by atoms with Crippen molar-refractivity contribution in [1.29, 1.82) is 0 Å². The van der Waals surface area contributed by atoms with Gasteiger partial charge in [-0.3, -0.25) is 4.79 Å². The SMILES string of the molecule is CC(CNc1ncnc(Cl)c1C=O)c1ccccc1. The fourth-order valence-corrected chi connectivity index (χ4v) is 1.95. The van der Waals surface area contributed by atoms with Crippen LogP contribution in [-0.2, 0) is 0 Å². The Hall–Kier alpha value is -1.94. The van der Waals surface area contributed by atoms with Crippen molar-refractivity contribution in [3.63, 3.8) is 0 Å². The van der Waals surface area contributed by atoms with Crippen LogP contribution in [0.15, 0.2) is 36.7 Å². The van der Waals surface area contributed by atoms with E-state index in [0.29, 0.717) is 30.1 Å². The summed E-state index contributed by atoms with van der Waals surface area (Å²) in [6, 6.07) is 10.1. The number of hydrogen-bond acceptors (Lipinski definition) is 4. The molecule has 0 aliphatic carbocycles. The lowest BCUT2D eigenvalue weighted by molar-refractivity contribution is 0.112. The third-order valence-corrected chi connectivity index (χ3v) is 3.20. The summed E-state index contributed by atoms with van der Waals surface area (Å²) in [6.45, 7) is 2.77. The van der Waals surface area contributed by atoms with Crippen LogP contribution in [-0.4, -0.2) is 22.8 Å². The zero-order valence-electron chi connectivity index (χ0n) is 10.5. The van der Waals surface area contributed by atoms with Gasteiger partial charge >= 0.3 is 0 Å². The molecule has 0 amide bonds. The first-order chi connectivity index (χ1) is 9.22. The van der Waals surface area contributed by atoms with Crippen LogP contribution < -0.4 is 5.32 Å². The predicted molar refractivity (Wildman–Crippen MR) is 75.8 cm³/mol. The van der Waals surface area contributed by atoms with Gasteiger partial charge in [0.1, 0.15) is 17.3 Å². The summed E-state index contributed by atoms with van der Waals surface area (Å²) in [6.07, 6.45) is 2.00. The molecule has 0 aliphatic heterocycles. The highest BCUT2D eigenvalue weighted by Crippen LogP contribution is 2.19. The highest BCUT2D eigenvalue weighted by atomic mass is 35.5. The first-order valence-electron chi connectivity index (χ1n) is 5.97. The van der Waals surface area contributed by atoms with Gasteiger partial charge in [-0.05, 0) is 11.5 Å². The van der Waals surface area contributed by atoms with Gasteiger partial charge in [-0.1, -0.05) is 48.9 Å². The molecule has 2 rings (SSSR count). The summed E-state index contributed by atoms with van der Waals surface area (Å²) in [7, 11) is 0. The lowest BCUT2D eigenvalue weighted by atomic mass is 10.0. The monoisotopic (exact) mass is 275 g/mol. The van der Waals surface area contributed by atoms with E-state index in [1.54, 1.807) is 0 Å². The summed E-state index contributed by atoms with van der Waals surface area (Å²) in [4.78, 5) is 18.8. The lowest BCUT2D eigenvalue weighted by Crippen LogP contribution is -2.12. The van der Waals surface area contributed by atoms with Crippen LogP contribution in [0.4, 0.5) is 5.82 Å². The number of aldehydes is 1. The zero-order chi connectivity index (χ0) is 13.7. The molecule has 4 nitrogen and oxygen atoms in total. The molecule has 1 atom stereocenters. The van der Waals surface area contributed by atoms with Crippen LogP contribution in [0.1, 0.15) is 28.8 Å². The first kappa shape index (κ1) is 13.5. The van der Waals surface area contributed by atoms with Gasteiger partial charge in [-0.2, -0.15) is 0 Å². The van der Waals surface area contributed by atoms with Crippen molar-refractivity contribution in [1.82, 2.24) is 9.97 Å². The fraction of sp³-hybridized carbons (Fsp3) is 0.214. The van der Waals surface area contributed by atoms with E-state index >= 15 is 0 Å². The Balaban J connectivity index is 2.07. The van der Waals surface area contributed by atoms with Gasteiger partial charge in [0.2, 0.25) is 0 Å². The zero-order valence-corrected chi connectivity index (χ0v) is 11.3. The van der Waals surface area contributed by atoms with Crippen molar-refractivity contribution >= 4 is 23.7 Å². The van der Waals surface area contributed by atoms with E-state index in [-0.39, 0.29) is 5.15 Å². The van der Waals surface area contributed by atoms with Crippen molar-refractivity contribution in [3.8, 4) is 0 Å². The molecule has 0 saturated carbocycles. The number of carbonyl (C=O) groups is 1. The van der Waals surface area contributed by atoms with E-state index in [0.717, 1.165) is 0 Å². The Bertz CT molecular complexity index is 560. The number of benzene rings is 1. The molecular formula is C14H14ClN3O. The van der Waals surface area contributed by atoms with Crippen LogP contribution in [0.2, 0.25) is 5.15 Å². The van der Waals surface area contributed by atoms with Crippen molar-refractivity contribution in [2.24, 2.45) is 0 Å². The molecule has 0 saturated heterocycles. The molecule has 0 spiro atoms. The molecule has 1 N–H and O–H groups in total. The van der Waals surface area contributed by atoms with Crippen LogP contribution >= 0.6 is 11.6 Å². The van der Waals surface area contributed by atoms with Crippen LogP contribution in [0.25, 0.3) is 0 Å². The topological polar surface area (TPSA) is 54.9 Å². The van der Waals surface area contributed by atoms with E-state index in [1.807, 2.05) is 18.2 Å². The third kappa shape index (κ3) is 3.29. The third-order valence-electron chi connectivity index (χ3n) is 2.90. The highest BCUT2D eigenvalue weighted by molar-refractivity contribution is 6.32. The summed E-state index contributed by atoms with van der Waals surface area (Å²) < 4.78 is 0. The van der Waals surface area contributed by atoms with Crippen molar-refractivity contribution in [2.75, 3.05) is 11.9 Å². The number of nitrogens with zero attached hydrogens (tertiary/aromatic N) is 2. The van der Waals surface area contributed by atoms with E-state index in [9.17, 15) is 4.79 Å². The van der Waals surface area contributed by atoms with Gasteiger partial charge < -0.3 is 5.32 Å². The second-order valence-corrected chi connectivity index (χ2v) is 4.60. The van der Waals surface area contributed by atoms with E-state index in [1.165, 1.54) is 11.9 Å². The van der Waals surface area contributed by atoms with Crippen LogP contribution in [0.3, 0.4) is 0 Å². The van der Waals surface area contributed by atoms with Crippen LogP contribution in [0, 0.1) is 0 Å². The molecule has 0 aliphatic rings. The molecule has 1 aromatic heterocycles. The second kappa shape index (κ2) is 6.29. The fourth-order valence-electron chi connectivity index (χ4n) is 1.77.